The lowest BCUT2D eigenvalue weighted by Gasteiger charge is -2.28. The molecule has 0 aromatic rings. The topological polar surface area (TPSA) is 29.5 Å². The Kier molecular flexibility index (Phi) is 6.75. The number of ether oxygens (including phenoxy) is 1. The maximum Gasteiger partial charge on any atom is 0.149 e. The average molecular weight is 241 g/mol. The fourth-order valence-corrected chi connectivity index (χ4v) is 2.50. The molecule has 0 aromatic carbocycles. The van der Waals surface area contributed by atoms with Gasteiger partial charge in [-0.25, -0.2) is 0 Å². The highest BCUT2D eigenvalue weighted by molar-refractivity contribution is 5.83. The largest absolute Gasteiger partial charge is 0.383 e. The van der Waals surface area contributed by atoms with E-state index in [1.54, 1.807) is 7.11 Å². The van der Waals surface area contributed by atoms with E-state index in [2.05, 4.69) is 18.7 Å². The van der Waals surface area contributed by atoms with E-state index in [9.17, 15) is 4.79 Å². The Labute approximate surface area is 106 Å². The summed E-state index contributed by atoms with van der Waals surface area (Å²) in [6.07, 6.45) is 5.77. The first-order valence-electron chi connectivity index (χ1n) is 6.94. The molecule has 3 heteroatoms. The summed E-state index contributed by atoms with van der Waals surface area (Å²) in [6.45, 7) is 6.55. The first-order chi connectivity index (χ1) is 8.19. The molecule has 1 aliphatic rings. The van der Waals surface area contributed by atoms with E-state index in [4.69, 9.17) is 4.74 Å². The van der Waals surface area contributed by atoms with Gasteiger partial charge in [0.25, 0.3) is 0 Å². The van der Waals surface area contributed by atoms with Gasteiger partial charge in [0.05, 0.1) is 13.2 Å². The lowest BCUT2D eigenvalue weighted by molar-refractivity contribution is -0.124. The van der Waals surface area contributed by atoms with Gasteiger partial charge in [0, 0.05) is 25.6 Å². The molecule has 1 atom stereocenters. The Balaban J connectivity index is 2.43. The molecule has 0 N–H and O–H groups in total. The van der Waals surface area contributed by atoms with Crippen LogP contribution in [-0.4, -0.2) is 43.5 Å². The zero-order chi connectivity index (χ0) is 12.7. The molecule has 1 fully saturated rings. The molecular weight excluding hydrogens is 214 g/mol. The van der Waals surface area contributed by atoms with Crippen LogP contribution in [0.25, 0.3) is 0 Å². The van der Waals surface area contributed by atoms with Crippen LogP contribution < -0.4 is 0 Å². The molecule has 0 heterocycles. The van der Waals surface area contributed by atoms with Gasteiger partial charge >= 0.3 is 0 Å². The Bertz CT molecular complexity index is 224. The van der Waals surface area contributed by atoms with E-state index >= 15 is 0 Å². The fraction of sp³-hybridized carbons (Fsp3) is 0.929. The highest BCUT2D eigenvalue weighted by Crippen LogP contribution is 2.25. The van der Waals surface area contributed by atoms with Gasteiger partial charge in [-0.1, -0.05) is 19.8 Å². The average Bonchev–Trinajstić information content (AvgIpc) is 2.87. The van der Waals surface area contributed by atoms with E-state index in [0.717, 1.165) is 25.8 Å². The molecule has 0 amide bonds. The second kappa shape index (κ2) is 7.83. The van der Waals surface area contributed by atoms with E-state index < -0.39 is 0 Å². The maximum atomic E-state index is 12.2. The molecule has 1 unspecified atom stereocenters. The molecule has 0 spiro atoms. The van der Waals surface area contributed by atoms with Crippen molar-refractivity contribution in [3.8, 4) is 0 Å². The summed E-state index contributed by atoms with van der Waals surface area (Å²) in [6, 6.07) is 0.468. The number of Topliss-reactive ketones (excluding diaryl/α,β-unsaturated/α-hetero) is 1. The third-order valence-electron chi connectivity index (χ3n) is 3.97. The Hall–Kier alpha value is -0.410. The predicted octanol–water partition coefficient (Wildman–Crippen LogP) is 2.49. The van der Waals surface area contributed by atoms with Crippen LogP contribution in [0.5, 0.6) is 0 Å². The van der Waals surface area contributed by atoms with Crippen LogP contribution in [0, 0.1) is 5.92 Å². The fourth-order valence-electron chi connectivity index (χ4n) is 2.50. The lowest BCUT2D eigenvalue weighted by atomic mass is 10.0. The summed E-state index contributed by atoms with van der Waals surface area (Å²) in [5.74, 6) is 0.781. The summed E-state index contributed by atoms with van der Waals surface area (Å²) in [5.41, 5.74) is 0. The highest BCUT2D eigenvalue weighted by Gasteiger charge is 2.25. The van der Waals surface area contributed by atoms with Crippen LogP contribution in [0.4, 0.5) is 0 Å². The Morgan fingerprint density at radius 1 is 1.41 bits per heavy atom. The van der Waals surface area contributed by atoms with Crippen molar-refractivity contribution in [2.24, 2.45) is 5.92 Å². The second-order valence-corrected chi connectivity index (χ2v) is 5.17. The summed E-state index contributed by atoms with van der Waals surface area (Å²) >= 11 is 0. The van der Waals surface area contributed by atoms with Gasteiger partial charge in [0.15, 0.2) is 0 Å². The number of hydrogen-bond acceptors (Lipinski definition) is 3. The molecule has 1 saturated carbocycles. The highest BCUT2D eigenvalue weighted by atomic mass is 16.5. The van der Waals surface area contributed by atoms with Crippen molar-refractivity contribution in [3.63, 3.8) is 0 Å². The van der Waals surface area contributed by atoms with Crippen LogP contribution in [0.15, 0.2) is 0 Å². The van der Waals surface area contributed by atoms with E-state index in [1.807, 2.05) is 0 Å². The van der Waals surface area contributed by atoms with Crippen molar-refractivity contribution in [2.45, 2.75) is 52.0 Å². The zero-order valence-electron chi connectivity index (χ0n) is 11.6. The third-order valence-corrected chi connectivity index (χ3v) is 3.97. The van der Waals surface area contributed by atoms with E-state index in [1.165, 1.54) is 12.8 Å². The summed E-state index contributed by atoms with van der Waals surface area (Å²) < 4.78 is 5.12. The summed E-state index contributed by atoms with van der Waals surface area (Å²) in [4.78, 5) is 14.4. The second-order valence-electron chi connectivity index (χ2n) is 5.17. The normalized spacial score (nSPS) is 18.8. The molecule has 100 valence electrons. The molecule has 0 radical (unpaired) electrons. The van der Waals surface area contributed by atoms with Crippen molar-refractivity contribution in [1.29, 1.82) is 0 Å². The Morgan fingerprint density at radius 2 is 2.06 bits per heavy atom. The minimum Gasteiger partial charge on any atom is -0.383 e. The number of ketones is 1. The molecule has 0 bridgehead atoms. The maximum absolute atomic E-state index is 12.2. The molecule has 1 rings (SSSR count). The minimum absolute atomic E-state index is 0.337. The standard InChI is InChI=1S/C14H27NO2/c1-4-12(2)15(9-10-17-3)11-14(16)13-7-5-6-8-13/h12-13H,4-11H2,1-3H3. The number of carbonyl (C=O) groups excluding carboxylic acids is 1. The van der Waals surface area contributed by atoms with Gasteiger partial charge in [0.2, 0.25) is 0 Å². The molecule has 0 aliphatic heterocycles. The Morgan fingerprint density at radius 3 is 2.59 bits per heavy atom. The number of carbonyl (C=O) groups is 1. The van der Waals surface area contributed by atoms with Crippen LogP contribution >= 0.6 is 0 Å². The molecule has 17 heavy (non-hydrogen) atoms. The van der Waals surface area contributed by atoms with Gasteiger partial charge in [-0.05, 0) is 26.2 Å². The SMILES string of the molecule is CCC(C)N(CCOC)CC(=O)C1CCCC1. The predicted molar refractivity (Wildman–Crippen MR) is 70.2 cm³/mol. The summed E-state index contributed by atoms with van der Waals surface area (Å²) in [5, 5.41) is 0. The quantitative estimate of drug-likeness (QED) is 0.654. The van der Waals surface area contributed by atoms with Crippen molar-refractivity contribution in [3.05, 3.63) is 0 Å². The van der Waals surface area contributed by atoms with Gasteiger partial charge in [-0.2, -0.15) is 0 Å². The minimum atomic E-state index is 0.337. The van der Waals surface area contributed by atoms with Crippen molar-refractivity contribution in [2.75, 3.05) is 26.8 Å². The first-order valence-corrected chi connectivity index (χ1v) is 6.94. The van der Waals surface area contributed by atoms with Crippen LogP contribution in [0.3, 0.4) is 0 Å². The third kappa shape index (κ3) is 4.76. The zero-order valence-corrected chi connectivity index (χ0v) is 11.6. The van der Waals surface area contributed by atoms with Gasteiger partial charge in [0.1, 0.15) is 5.78 Å². The van der Waals surface area contributed by atoms with Crippen LogP contribution in [0.2, 0.25) is 0 Å². The first kappa shape index (κ1) is 14.7. The van der Waals surface area contributed by atoms with Gasteiger partial charge < -0.3 is 4.74 Å². The van der Waals surface area contributed by atoms with Crippen molar-refractivity contribution in [1.82, 2.24) is 4.90 Å². The van der Waals surface area contributed by atoms with Crippen molar-refractivity contribution < 1.29 is 9.53 Å². The van der Waals surface area contributed by atoms with Crippen molar-refractivity contribution >= 4 is 5.78 Å². The number of hydrogen-bond donors (Lipinski definition) is 0. The van der Waals surface area contributed by atoms with Crippen LogP contribution in [0.1, 0.15) is 46.0 Å². The number of rotatable bonds is 8. The molecule has 0 aromatic heterocycles. The molecule has 0 saturated heterocycles. The van der Waals surface area contributed by atoms with Gasteiger partial charge in [-0.15, -0.1) is 0 Å². The smallest absolute Gasteiger partial charge is 0.149 e. The monoisotopic (exact) mass is 241 g/mol. The number of nitrogens with zero attached hydrogens (tertiary/aromatic N) is 1. The summed E-state index contributed by atoms with van der Waals surface area (Å²) in [7, 11) is 1.72. The lowest BCUT2D eigenvalue weighted by Crippen LogP contribution is -2.40. The van der Waals surface area contributed by atoms with E-state index in [0.29, 0.717) is 30.9 Å². The van der Waals surface area contributed by atoms with Gasteiger partial charge in [-0.3, -0.25) is 9.69 Å². The molecular formula is C14H27NO2. The van der Waals surface area contributed by atoms with Crippen LogP contribution in [-0.2, 0) is 9.53 Å². The molecule has 1 aliphatic carbocycles. The van der Waals surface area contributed by atoms with E-state index in [-0.39, 0.29) is 0 Å². The molecule has 3 nitrogen and oxygen atoms in total. The number of methoxy groups -OCH3 is 1.